The number of nitrogens with one attached hydrogen (secondary N) is 2. The number of amides is 4. The number of aromatic hydroxyl groups is 1. The van der Waals surface area contributed by atoms with E-state index in [2.05, 4.69) is 30.7 Å². The third kappa shape index (κ3) is 11.2. The normalized spacial score (nSPS) is 19.5. The number of nitrogens with zero attached hydrogens (tertiary/aromatic N) is 6. The quantitative estimate of drug-likeness (QED) is 0.101. The first kappa shape index (κ1) is 47.3. The second-order valence-corrected chi connectivity index (χ2v) is 19.6. The molecular formula is C48H63N9O7S. The van der Waals surface area contributed by atoms with Crippen molar-refractivity contribution in [1.82, 2.24) is 35.6 Å². The van der Waals surface area contributed by atoms with Crippen molar-refractivity contribution in [3.8, 4) is 27.4 Å². The number of hydrogen-bond acceptors (Lipinski definition) is 13. The molecule has 0 aliphatic carbocycles. The van der Waals surface area contributed by atoms with Crippen molar-refractivity contribution in [2.45, 2.75) is 116 Å². The van der Waals surface area contributed by atoms with Gasteiger partial charge in [0.2, 0.25) is 23.6 Å². The van der Waals surface area contributed by atoms with Gasteiger partial charge in [-0.25, -0.2) is 4.98 Å². The Bertz CT molecular complexity index is 2330. The molecule has 3 saturated heterocycles. The topological polar surface area (TPSA) is 216 Å². The lowest BCUT2D eigenvalue weighted by Crippen LogP contribution is -2.58. The van der Waals surface area contributed by atoms with Gasteiger partial charge in [-0.2, -0.15) is 0 Å². The summed E-state index contributed by atoms with van der Waals surface area (Å²) < 4.78 is 6.34. The van der Waals surface area contributed by atoms with Crippen LogP contribution in [0.5, 0.6) is 5.75 Å². The number of nitrogen functional groups attached to an aromatic ring is 1. The van der Waals surface area contributed by atoms with Crippen LogP contribution in [0.4, 0.5) is 11.5 Å². The molecular weight excluding hydrogens is 847 g/mol. The maximum Gasteiger partial charge on any atom is 0.246 e. The summed E-state index contributed by atoms with van der Waals surface area (Å²) >= 11 is 1.58. The Balaban J connectivity index is 0.852. The van der Waals surface area contributed by atoms with E-state index in [0.717, 1.165) is 27.4 Å². The van der Waals surface area contributed by atoms with Crippen LogP contribution in [0.25, 0.3) is 21.7 Å². The van der Waals surface area contributed by atoms with E-state index < -0.39 is 35.1 Å². The number of aliphatic hydroxyl groups excluding tert-OH is 1. The lowest BCUT2D eigenvalue weighted by Gasteiger charge is -2.47. The minimum absolute atomic E-state index is 0.00541. The van der Waals surface area contributed by atoms with Crippen molar-refractivity contribution < 1.29 is 34.1 Å². The van der Waals surface area contributed by atoms with Crippen molar-refractivity contribution in [3.63, 3.8) is 0 Å². The van der Waals surface area contributed by atoms with Crippen molar-refractivity contribution in [2.24, 2.45) is 5.41 Å². The highest BCUT2D eigenvalue weighted by Crippen LogP contribution is 2.37. The number of aryl methyl sites for hydroxylation is 1. The summed E-state index contributed by atoms with van der Waals surface area (Å²) in [7, 11) is 0. The van der Waals surface area contributed by atoms with Crippen LogP contribution >= 0.6 is 11.3 Å². The molecule has 348 valence electrons. The molecule has 5 heterocycles. The number of anilines is 2. The molecule has 3 aliphatic heterocycles. The van der Waals surface area contributed by atoms with E-state index in [1.165, 1.54) is 4.90 Å². The summed E-state index contributed by atoms with van der Waals surface area (Å²) in [6, 6.07) is 14.6. The first-order valence-electron chi connectivity index (χ1n) is 22.7. The van der Waals surface area contributed by atoms with Gasteiger partial charge in [-0.3, -0.25) is 19.2 Å². The van der Waals surface area contributed by atoms with Gasteiger partial charge in [-0.05, 0) is 74.3 Å². The molecule has 0 bridgehead atoms. The van der Waals surface area contributed by atoms with E-state index in [1.807, 2.05) is 81.4 Å². The molecule has 4 amide bonds. The number of nitrogens with two attached hydrogens (primary N) is 1. The molecule has 4 aromatic rings. The summed E-state index contributed by atoms with van der Waals surface area (Å²) in [6.07, 6.45) is 3.00. The number of rotatable bonds is 14. The smallest absolute Gasteiger partial charge is 0.246 e. The van der Waals surface area contributed by atoms with Gasteiger partial charge in [0.15, 0.2) is 5.82 Å². The molecule has 65 heavy (non-hydrogen) atoms. The third-order valence-corrected chi connectivity index (χ3v) is 13.9. The number of aliphatic hydroxyl groups is 1. The molecule has 16 nitrogen and oxygen atoms in total. The first-order chi connectivity index (χ1) is 31.0. The molecule has 0 saturated carbocycles. The van der Waals surface area contributed by atoms with Crippen molar-refractivity contribution in [1.29, 1.82) is 0 Å². The number of unbranched alkanes of at least 4 members (excludes halogenated alkanes) is 2. The minimum Gasteiger partial charge on any atom is -0.507 e. The fraction of sp³-hybridized carbons (Fsp3) is 0.521. The van der Waals surface area contributed by atoms with Crippen LogP contribution in [0.15, 0.2) is 60.1 Å². The Hall–Kier alpha value is -5.65. The van der Waals surface area contributed by atoms with Gasteiger partial charge in [0.05, 0.1) is 51.8 Å². The molecule has 2 aromatic heterocycles. The van der Waals surface area contributed by atoms with E-state index in [1.54, 1.807) is 29.5 Å². The predicted octanol–water partition coefficient (Wildman–Crippen LogP) is 5.38. The number of carbonyl (C=O) groups excluding carboxylic acids is 4. The minimum atomic E-state index is -0.919. The standard InChI is InChI=1S/C48H63N9O7S/c1-30(32-15-17-33(18-16-32)42-31(2)50-29-65-42)51-45(62)38-25-34(58)27-57(38)46(63)43(47(3,4)5)52-40(60)13-7-6-8-14-41(61)56-23-24-64-48(28-56)19-21-55(22-20-48)37-26-36(53-54-44(37)49)35-11-9-10-12-39(35)59/h9-12,15-18,26,29-30,34,38,43,58-59H,6-8,13-14,19-25,27-28H2,1-5H3,(H2,49,54)(H,51,62)(H,52,60)/t30?,34-,38+,43?/m1/s1. The molecule has 1 spiro atoms. The van der Waals surface area contributed by atoms with Gasteiger partial charge in [0.1, 0.15) is 17.8 Å². The van der Waals surface area contributed by atoms with Gasteiger partial charge in [-0.1, -0.05) is 63.6 Å². The zero-order valence-electron chi connectivity index (χ0n) is 38.1. The average Bonchev–Trinajstić information content (AvgIpc) is 3.90. The second-order valence-electron chi connectivity index (χ2n) is 18.8. The van der Waals surface area contributed by atoms with Crippen molar-refractivity contribution in [2.75, 3.05) is 50.0 Å². The number of morpholine rings is 1. The number of phenolic OH excluding ortho intramolecular Hbond substituents is 1. The summed E-state index contributed by atoms with van der Waals surface area (Å²) in [5, 5.41) is 35.4. The number of likely N-dealkylation sites (tertiary alicyclic amines) is 1. The number of ether oxygens (including phenoxy) is 1. The maximum atomic E-state index is 14.1. The molecule has 0 radical (unpaired) electrons. The van der Waals surface area contributed by atoms with Crippen LogP contribution in [0.2, 0.25) is 0 Å². The van der Waals surface area contributed by atoms with Crippen LogP contribution in [0.3, 0.4) is 0 Å². The Morgan fingerprint density at radius 3 is 2.40 bits per heavy atom. The molecule has 2 unspecified atom stereocenters. The number of hydrogen-bond donors (Lipinski definition) is 5. The van der Waals surface area contributed by atoms with E-state index in [0.29, 0.717) is 88.4 Å². The number of thiazole rings is 1. The van der Waals surface area contributed by atoms with E-state index in [9.17, 15) is 29.4 Å². The Kier molecular flexibility index (Phi) is 14.7. The number of β-amino-alcohol motifs (C(OH)–C–C–N with tert-alkyl or cyclic N) is 1. The molecule has 3 fully saturated rings. The second kappa shape index (κ2) is 20.3. The Morgan fingerprint density at radius 1 is 0.985 bits per heavy atom. The van der Waals surface area contributed by atoms with Gasteiger partial charge in [-0.15, -0.1) is 21.5 Å². The van der Waals surface area contributed by atoms with Gasteiger partial charge >= 0.3 is 0 Å². The Morgan fingerprint density at radius 2 is 1.71 bits per heavy atom. The summed E-state index contributed by atoms with van der Waals surface area (Å²) in [4.78, 5) is 65.5. The lowest BCUT2D eigenvalue weighted by molar-refractivity contribution is -0.154. The molecule has 6 N–H and O–H groups in total. The maximum absolute atomic E-state index is 14.1. The van der Waals surface area contributed by atoms with Crippen LogP contribution in [0, 0.1) is 12.3 Å². The first-order valence-corrected chi connectivity index (χ1v) is 23.6. The SMILES string of the molecule is Cc1ncsc1-c1ccc(C(C)NC(=O)[C@@H]2C[C@@H](O)CN2C(=O)C(NC(=O)CCCCCC(=O)N2CCOC3(CCN(c4cc(-c5ccccc5O)nnc4N)CC3)C2)C(C)(C)C)cc1. The van der Waals surface area contributed by atoms with E-state index in [4.69, 9.17) is 10.5 Å². The number of piperidine rings is 1. The fourth-order valence-electron chi connectivity index (χ4n) is 9.13. The average molecular weight is 910 g/mol. The fourth-order valence-corrected chi connectivity index (χ4v) is 9.94. The summed E-state index contributed by atoms with van der Waals surface area (Å²) in [5.74, 6) is -0.558. The van der Waals surface area contributed by atoms with Crippen LogP contribution in [-0.2, 0) is 23.9 Å². The zero-order chi connectivity index (χ0) is 46.5. The van der Waals surface area contributed by atoms with Gasteiger partial charge < -0.3 is 46.0 Å². The highest BCUT2D eigenvalue weighted by atomic mass is 32.1. The highest BCUT2D eigenvalue weighted by molar-refractivity contribution is 7.13. The molecule has 17 heteroatoms. The molecule has 2 aromatic carbocycles. The summed E-state index contributed by atoms with van der Waals surface area (Å²) in [6.45, 7) is 12.2. The van der Waals surface area contributed by atoms with Crippen molar-refractivity contribution in [3.05, 3.63) is 71.4 Å². The number of aromatic nitrogens is 3. The van der Waals surface area contributed by atoms with Crippen molar-refractivity contribution >= 4 is 46.5 Å². The van der Waals surface area contributed by atoms with Gasteiger partial charge in [0, 0.05) is 57.5 Å². The molecule has 7 rings (SSSR count). The summed E-state index contributed by atoms with van der Waals surface area (Å²) in [5.41, 5.74) is 11.7. The predicted molar refractivity (Wildman–Crippen MR) is 250 cm³/mol. The Labute approximate surface area is 385 Å². The third-order valence-electron chi connectivity index (χ3n) is 13.0. The van der Waals surface area contributed by atoms with Gasteiger partial charge in [0.25, 0.3) is 0 Å². The number of carbonyl (C=O) groups is 4. The molecule has 4 atom stereocenters. The lowest BCUT2D eigenvalue weighted by atomic mass is 9.85. The van der Waals surface area contributed by atoms with E-state index >= 15 is 0 Å². The van der Waals surface area contributed by atoms with Crippen LogP contribution in [-0.4, -0.2) is 122 Å². The highest BCUT2D eigenvalue weighted by Gasteiger charge is 2.45. The number of benzene rings is 2. The largest absolute Gasteiger partial charge is 0.507 e. The molecule has 3 aliphatic rings. The van der Waals surface area contributed by atoms with Crippen LogP contribution < -0.4 is 21.3 Å². The van der Waals surface area contributed by atoms with E-state index in [-0.39, 0.29) is 48.9 Å². The number of para-hydroxylation sites is 1. The van der Waals surface area contributed by atoms with Crippen LogP contribution in [0.1, 0.15) is 96.4 Å². The monoisotopic (exact) mass is 909 g/mol. The number of phenols is 1. The zero-order valence-corrected chi connectivity index (χ0v) is 38.9.